The SMILES string of the molecule is CN1CCN(c2nccc(NCCCNc3ccnc4cc(Cl)ccc34)n2)CC1. The molecule has 8 heteroatoms. The summed E-state index contributed by atoms with van der Waals surface area (Å²) >= 11 is 6.06. The third-order valence-corrected chi connectivity index (χ3v) is 5.34. The fourth-order valence-corrected chi connectivity index (χ4v) is 3.58. The van der Waals surface area contributed by atoms with Gasteiger partial charge in [0.15, 0.2) is 0 Å². The van der Waals surface area contributed by atoms with Gasteiger partial charge in [-0.2, -0.15) is 4.98 Å². The first kappa shape index (κ1) is 19.7. The van der Waals surface area contributed by atoms with Crippen molar-refractivity contribution in [2.45, 2.75) is 6.42 Å². The Bertz CT molecular complexity index is 957. The van der Waals surface area contributed by atoms with E-state index in [1.165, 1.54) is 0 Å². The molecule has 1 aliphatic heterocycles. The van der Waals surface area contributed by atoms with E-state index in [0.29, 0.717) is 5.02 Å². The van der Waals surface area contributed by atoms with Crippen LogP contribution < -0.4 is 15.5 Å². The van der Waals surface area contributed by atoms with Gasteiger partial charge in [0.25, 0.3) is 0 Å². The molecule has 1 fully saturated rings. The van der Waals surface area contributed by atoms with E-state index in [2.05, 4.69) is 42.4 Å². The van der Waals surface area contributed by atoms with E-state index < -0.39 is 0 Å². The highest BCUT2D eigenvalue weighted by atomic mass is 35.5. The molecule has 0 spiro atoms. The zero-order valence-corrected chi connectivity index (χ0v) is 17.4. The monoisotopic (exact) mass is 411 g/mol. The number of piperazine rings is 1. The summed E-state index contributed by atoms with van der Waals surface area (Å²) in [5, 5.41) is 8.68. The Kier molecular flexibility index (Phi) is 6.27. The van der Waals surface area contributed by atoms with Crippen LogP contribution in [-0.4, -0.2) is 66.2 Å². The highest BCUT2D eigenvalue weighted by molar-refractivity contribution is 6.31. The summed E-state index contributed by atoms with van der Waals surface area (Å²) in [6.45, 7) is 5.71. The molecule has 2 N–H and O–H groups in total. The molecule has 0 amide bonds. The van der Waals surface area contributed by atoms with Crippen LogP contribution >= 0.6 is 11.6 Å². The van der Waals surface area contributed by atoms with Crippen molar-refractivity contribution in [3.8, 4) is 0 Å². The van der Waals surface area contributed by atoms with Gasteiger partial charge in [0, 0.05) is 67.8 Å². The smallest absolute Gasteiger partial charge is 0.227 e. The molecule has 29 heavy (non-hydrogen) atoms. The first-order valence-corrected chi connectivity index (χ1v) is 10.4. The van der Waals surface area contributed by atoms with Crippen LogP contribution in [0, 0.1) is 0 Å². The standard InChI is InChI=1S/C21H26ClN7/c1-28-11-13-29(14-12-28)21-26-10-6-20(27-21)25-8-2-7-23-18-5-9-24-19-15-16(22)3-4-17(18)19/h3-6,9-10,15H,2,7-8,11-14H2,1H3,(H,23,24)(H,25,26,27). The van der Waals surface area contributed by atoms with Crippen LogP contribution in [0.2, 0.25) is 5.02 Å². The van der Waals surface area contributed by atoms with E-state index in [1.807, 2.05) is 36.5 Å². The minimum absolute atomic E-state index is 0.701. The fourth-order valence-electron chi connectivity index (χ4n) is 3.41. The molecule has 3 aromatic rings. The predicted molar refractivity (Wildman–Crippen MR) is 120 cm³/mol. The van der Waals surface area contributed by atoms with Crippen molar-refractivity contribution in [1.29, 1.82) is 0 Å². The highest BCUT2D eigenvalue weighted by Gasteiger charge is 2.16. The maximum atomic E-state index is 6.06. The van der Waals surface area contributed by atoms with Gasteiger partial charge in [-0.1, -0.05) is 11.6 Å². The molecule has 0 bridgehead atoms. The zero-order valence-electron chi connectivity index (χ0n) is 16.6. The number of likely N-dealkylation sites (N-methyl/N-ethyl adjacent to an activating group) is 1. The molecule has 0 radical (unpaired) electrons. The van der Waals surface area contributed by atoms with Gasteiger partial charge in [0.1, 0.15) is 5.82 Å². The number of pyridine rings is 1. The fraction of sp³-hybridized carbons (Fsp3) is 0.381. The summed E-state index contributed by atoms with van der Waals surface area (Å²) in [5.74, 6) is 1.68. The van der Waals surface area contributed by atoms with Crippen LogP contribution in [0.15, 0.2) is 42.7 Å². The second kappa shape index (κ2) is 9.24. The third kappa shape index (κ3) is 5.05. The molecular weight excluding hydrogens is 386 g/mol. The van der Waals surface area contributed by atoms with Gasteiger partial charge < -0.3 is 20.4 Å². The number of aromatic nitrogens is 3. The van der Waals surface area contributed by atoms with Crippen molar-refractivity contribution >= 4 is 40.0 Å². The molecule has 0 aliphatic carbocycles. The molecule has 0 unspecified atom stereocenters. The number of nitrogens with zero attached hydrogens (tertiary/aromatic N) is 5. The minimum Gasteiger partial charge on any atom is -0.384 e. The zero-order chi connectivity index (χ0) is 20.1. The van der Waals surface area contributed by atoms with Crippen molar-refractivity contribution in [1.82, 2.24) is 19.9 Å². The van der Waals surface area contributed by atoms with Gasteiger partial charge in [-0.15, -0.1) is 0 Å². The molecule has 0 saturated carbocycles. The average molecular weight is 412 g/mol. The molecular formula is C21H26ClN7. The van der Waals surface area contributed by atoms with Crippen molar-refractivity contribution in [3.05, 3.63) is 47.7 Å². The lowest BCUT2D eigenvalue weighted by atomic mass is 10.2. The Morgan fingerprint density at radius 2 is 1.76 bits per heavy atom. The van der Waals surface area contributed by atoms with Crippen LogP contribution in [0.25, 0.3) is 10.9 Å². The van der Waals surface area contributed by atoms with E-state index in [-0.39, 0.29) is 0 Å². The van der Waals surface area contributed by atoms with Crippen molar-refractivity contribution < 1.29 is 0 Å². The number of nitrogens with one attached hydrogen (secondary N) is 2. The molecule has 0 atom stereocenters. The number of hydrogen-bond donors (Lipinski definition) is 2. The van der Waals surface area contributed by atoms with E-state index in [9.17, 15) is 0 Å². The topological polar surface area (TPSA) is 69.2 Å². The second-order valence-corrected chi connectivity index (χ2v) is 7.70. The van der Waals surface area contributed by atoms with Crippen LogP contribution in [0.3, 0.4) is 0 Å². The predicted octanol–water partition coefficient (Wildman–Crippen LogP) is 3.34. The molecule has 4 rings (SSSR count). The largest absolute Gasteiger partial charge is 0.384 e. The number of halogens is 1. The van der Waals surface area contributed by atoms with Gasteiger partial charge in [-0.3, -0.25) is 4.98 Å². The molecule has 152 valence electrons. The summed E-state index contributed by atoms with van der Waals surface area (Å²) in [6, 6.07) is 9.71. The Labute approximate surface area is 176 Å². The van der Waals surface area contributed by atoms with Crippen LogP contribution in [0.4, 0.5) is 17.5 Å². The van der Waals surface area contributed by atoms with Gasteiger partial charge in [-0.05, 0) is 43.8 Å². The van der Waals surface area contributed by atoms with Gasteiger partial charge in [0.05, 0.1) is 5.52 Å². The van der Waals surface area contributed by atoms with Crippen LogP contribution in [0.1, 0.15) is 6.42 Å². The van der Waals surface area contributed by atoms with Crippen molar-refractivity contribution in [2.24, 2.45) is 0 Å². The maximum Gasteiger partial charge on any atom is 0.227 e. The highest BCUT2D eigenvalue weighted by Crippen LogP contribution is 2.24. The van der Waals surface area contributed by atoms with Gasteiger partial charge in [-0.25, -0.2) is 4.98 Å². The quantitative estimate of drug-likeness (QED) is 0.578. The summed E-state index contributed by atoms with van der Waals surface area (Å²) < 4.78 is 0. The number of benzene rings is 1. The van der Waals surface area contributed by atoms with Crippen LogP contribution in [-0.2, 0) is 0 Å². The minimum atomic E-state index is 0.701. The normalized spacial score (nSPS) is 14.9. The summed E-state index contributed by atoms with van der Waals surface area (Å²) in [5.41, 5.74) is 1.98. The molecule has 2 aromatic heterocycles. The molecule has 3 heterocycles. The van der Waals surface area contributed by atoms with Gasteiger partial charge >= 0.3 is 0 Å². The van der Waals surface area contributed by atoms with E-state index in [0.717, 1.165) is 74.0 Å². The van der Waals surface area contributed by atoms with Crippen molar-refractivity contribution in [3.63, 3.8) is 0 Å². The molecule has 7 nitrogen and oxygen atoms in total. The van der Waals surface area contributed by atoms with E-state index >= 15 is 0 Å². The molecule has 1 aliphatic rings. The Morgan fingerprint density at radius 1 is 0.966 bits per heavy atom. The average Bonchev–Trinajstić information content (AvgIpc) is 2.74. The number of fused-ring (bicyclic) bond motifs is 1. The number of anilines is 3. The Balaban J connectivity index is 1.27. The molecule has 1 saturated heterocycles. The van der Waals surface area contributed by atoms with E-state index in [4.69, 9.17) is 11.6 Å². The lowest BCUT2D eigenvalue weighted by molar-refractivity contribution is 0.311. The number of hydrogen-bond acceptors (Lipinski definition) is 7. The van der Waals surface area contributed by atoms with Crippen molar-refractivity contribution in [2.75, 3.05) is 61.8 Å². The van der Waals surface area contributed by atoms with Crippen LogP contribution in [0.5, 0.6) is 0 Å². The Morgan fingerprint density at radius 3 is 2.62 bits per heavy atom. The third-order valence-electron chi connectivity index (χ3n) is 5.11. The lowest BCUT2D eigenvalue weighted by Crippen LogP contribution is -2.45. The molecule has 1 aromatic carbocycles. The first-order chi connectivity index (χ1) is 14.2. The maximum absolute atomic E-state index is 6.06. The first-order valence-electron chi connectivity index (χ1n) is 9.97. The summed E-state index contributed by atoms with van der Waals surface area (Å²) in [4.78, 5) is 18.1. The van der Waals surface area contributed by atoms with E-state index in [1.54, 1.807) is 6.20 Å². The second-order valence-electron chi connectivity index (χ2n) is 7.26. The lowest BCUT2D eigenvalue weighted by Gasteiger charge is -2.32. The number of rotatable bonds is 7. The summed E-state index contributed by atoms with van der Waals surface area (Å²) in [6.07, 6.45) is 4.60. The Hall–Kier alpha value is -2.64. The summed E-state index contributed by atoms with van der Waals surface area (Å²) in [7, 11) is 2.15. The van der Waals surface area contributed by atoms with Gasteiger partial charge in [0.2, 0.25) is 5.95 Å².